The van der Waals surface area contributed by atoms with Crippen LogP contribution in [0, 0.1) is 10.1 Å². The summed E-state index contributed by atoms with van der Waals surface area (Å²) in [4.78, 5) is 27.1. The zero-order valence-electron chi connectivity index (χ0n) is 13.5. The molecular formula is C18H14ClN3O3S. The second-order valence-electron chi connectivity index (χ2n) is 5.43. The van der Waals surface area contributed by atoms with E-state index in [1.807, 2.05) is 29.6 Å². The van der Waals surface area contributed by atoms with E-state index in [0.717, 1.165) is 16.3 Å². The molecule has 3 aromatic rings. The maximum Gasteiger partial charge on any atom is 0.282 e. The summed E-state index contributed by atoms with van der Waals surface area (Å²) in [6.45, 7) is 0.342. The zero-order chi connectivity index (χ0) is 18.5. The molecule has 1 amide bonds. The molecule has 8 heteroatoms. The normalized spacial score (nSPS) is 10.5. The number of hydrogen-bond acceptors (Lipinski definition) is 5. The summed E-state index contributed by atoms with van der Waals surface area (Å²) in [5.41, 5.74) is 1.68. The average molecular weight is 388 g/mol. The molecule has 0 spiro atoms. The van der Waals surface area contributed by atoms with Crippen LogP contribution >= 0.6 is 22.9 Å². The lowest BCUT2D eigenvalue weighted by atomic mass is 10.1. The number of hydrogen-bond donors (Lipinski definition) is 1. The van der Waals surface area contributed by atoms with E-state index in [9.17, 15) is 14.9 Å². The second-order valence-corrected chi connectivity index (χ2v) is 6.73. The smallest absolute Gasteiger partial charge is 0.282 e. The van der Waals surface area contributed by atoms with Crippen LogP contribution in [0.25, 0.3) is 10.6 Å². The van der Waals surface area contributed by atoms with Crippen molar-refractivity contribution in [2.45, 2.75) is 6.42 Å². The molecule has 1 heterocycles. The third kappa shape index (κ3) is 4.25. The van der Waals surface area contributed by atoms with Gasteiger partial charge in [0, 0.05) is 35.0 Å². The molecule has 6 nitrogen and oxygen atoms in total. The summed E-state index contributed by atoms with van der Waals surface area (Å²) >= 11 is 7.40. The molecule has 0 aliphatic heterocycles. The number of amides is 1. The Labute approximate surface area is 158 Å². The number of thiazole rings is 1. The average Bonchev–Trinajstić information content (AvgIpc) is 3.11. The second kappa shape index (κ2) is 8.07. The number of benzene rings is 2. The third-order valence-electron chi connectivity index (χ3n) is 3.65. The Morgan fingerprint density at radius 2 is 1.92 bits per heavy atom. The number of para-hydroxylation sites is 1. The van der Waals surface area contributed by atoms with Gasteiger partial charge in [-0.05, 0) is 18.2 Å². The van der Waals surface area contributed by atoms with Crippen LogP contribution in [-0.4, -0.2) is 22.4 Å². The number of carbonyl (C=O) groups is 1. The van der Waals surface area contributed by atoms with Gasteiger partial charge < -0.3 is 5.32 Å². The molecule has 0 aliphatic rings. The van der Waals surface area contributed by atoms with Gasteiger partial charge in [-0.25, -0.2) is 4.98 Å². The van der Waals surface area contributed by atoms with Crippen molar-refractivity contribution in [3.05, 3.63) is 80.3 Å². The lowest BCUT2D eigenvalue weighted by Crippen LogP contribution is -2.26. The lowest BCUT2D eigenvalue weighted by molar-refractivity contribution is -0.385. The number of nitro groups is 1. The van der Waals surface area contributed by atoms with Gasteiger partial charge in [-0.1, -0.05) is 35.9 Å². The molecule has 132 valence electrons. The Balaban J connectivity index is 1.60. The summed E-state index contributed by atoms with van der Waals surface area (Å²) in [6.07, 6.45) is 0.538. The lowest BCUT2D eigenvalue weighted by Gasteiger charge is -2.04. The van der Waals surface area contributed by atoms with Crippen LogP contribution in [0.5, 0.6) is 0 Å². The first-order valence-electron chi connectivity index (χ1n) is 7.76. The third-order valence-corrected chi connectivity index (χ3v) is 4.85. The Hall–Kier alpha value is -2.77. The molecule has 0 fully saturated rings. The highest BCUT2D eigenvalue weighted by molar-refractivity contribution is 7.13. The largest absolute Gasteiger partial charge is 0.351 e. The van der Waals surface area contributed by atoms with Gasteiger partial charge in [0.15, 0.2) is 0 Å². The van der Waals surface area contributed by atoms with Gasteiger partial charge in [-0.2, -0.15) is 0 Å². The molecule has 0 unspecified atom stereocenters. The van der Waals surface area contributed by atoms with E-state index in [2.05, 4.69) is 10.3 Å². The van der Waals surface area contributed by atoms with Gasteiger partial charge >= 0.3 is 0 Å². The van der Waals surface area contributed by atoms with Crippen molar-refractivity contribution in [1.82, 2.24) is 10.3 Å². The summed E-state index contributed by atoms with van der Waals surface area (Å²) in [7, 11) is 0. The van der Waals surface area contributed by atoms with Crippen LogP contribution in [0.2, 0.25) is 5.02 Å². The number of nitrogens with one attached hydrogen (secondary N) is 1. The molecule has 0 atom stereocenters. The Kier molecular flexibility index (Phi) is 5.60. The highest BCUT2D eigenvalue weighted by Crippen LogP contribution is 2.25. The fraction of sp³-hybridized carbons (Fsp3) is 0.111. The highest BCUT2D eigenvalue weighted by atomic mass is 35.5. The highest BCUT2D eigenvalue weighted by Gasteiger charge is 2.18. The molecule has 0 saturated carbocycles. The van der Waals surface area contributed by atoms with Gasteiger partial charge in [0.2, 0.25) is 0 Å². The molecule has 0 radical (unpaired) electrons. The quantitative estimate of drug-likeness (QED) is 0.503. The maximum atomic E-state index is 12.2. The summed E-state index contributed by atoms with van der Waals surface area (Å²) in [5.74, 6) is -0.467. The Morgan fingerprint density at radius 1 is 1.19 bits per heavy atom. The van der Waals surface area contributed by atoms with Crippen molar-refractivity contribution >= 4 is 34.5 Å². The van der Waals surface area contributed by atoms with Gasteiger partial charge in [-0.3, -0.25) is 14.9 Å². The first kappa shape index (κ1) is 18.0. The molecule has 3 rings (SSSR count). The topological polar surface area (TPSA) is 85.1 Å². The van der Waals surface area contributed by atoms with Crippen LogP contribution in [0.15, 0.2) is 53.9 Å². The molecule has 26 heavy (non-hydrogen) atoms. The molecule has 0 aliphatic carbocycles. The van der Waals surface area contributed by atoms with Crippen molar-refractivity contribution in [3.8, 4) is 10.6 Å². The van der Waals surface area contributed by atoms with E-state index in [0.29, 0.717) is 18.0 Å². The molecule has 1 aromatic heterocycles. The Bertz CT molecular complexity index is 941. The number of nitrogens with zero attached hydrogens (tertiary/aromatic N) is 2. The maximum absolute atomic E-state index is 12.2. The van der Waals surface area contributed by atoms with Crippen molar-refractivity contribution in [2.24, 2.45) is 0 Å². The molecule has 0 saturated heterocycles. The van der Waals surface area contributed by atoms with Crippen LogP contribution in [0.1, 0.15) is 16.1 Å². The minimum atomic E-state index is -0.562. The van der Waals surface area contributed by atoms with Crippen LogP contribution in [-0.2, 0) is 6.42 Å². The summed E-state index contributed by atoms with van der Waals surface area (Å²) < 4.78 is 0. The number of rotatable bonds is 6. The fourth-order valence-corrected chi connectivity index (χ4v) is 3.36. The number of halogens is 1. The van der Waals surface area contributed by atoms with Gasteiger partial charge in [0.1, 0.15) is 10.6 Å². The monoisotopic (exact) mass is 387 g/mol. The van der Waals surface area contributed by atoms with Crippen molar-refractivity contribution in [3.63, 3.8) is 0 Å². The van der Waals surface area contributed by atoms with Crippen LogP contribution in [0.3, 0.4) is 0 Å². The first-order chi connectivity index (χ1) is 12.5. The predicted octanol–water partition coefficient (Wildman–Crippen LogP) is 4.34. The minimum Gasteiger partial charge on any atom is -0.351 e. The molecular weight excluding hydrogens is 374 g/mol. The van der Waals surface area contributed by atoms with Crippen LogP contribution < -0.4 is 5.32 Å². The van der Waals surface area contributed by atoms with E-state index in [1.54, 1.807) is 6.07 Å². The van der Waals surface area contributed by atoms with Crippen molar-refractivity contribution in [2.75, 3.05) is 6.54 Å². The van der Waals surface area contributed by atoms with Gasteiger partial charge in [0.05, 0.1) is 10.6 Å². The molecule has 0 bridgehead atoms. The fourth-order valence-electron chi connectivity index (χ4n) is 2.37. The number of nitro benzene ring substituents is 1. The van der Waals surface area contributed by atoms with Crippen molar-refractivity contribution < 1.29 is 9.72 Å². The number of aromatic nitrogens is 1. The summed E-state index contributed by atoms with van der Waals surface area (Å²) in [5, 5.41) is 17.2. The van der Waals surface area contributed by atoms with Gasteiger partial charge in [-0.15, -0.1) is 11.3 Å². The molecule has 2 aromatic carbocycles. The van der Waals surface area contributed by atoms with E-state index in [4.69, 9.17) is 11.6 Å². The summed E-state index contributed by atoms with van der Waals surface area (Å²) in [6, 6.07) is 13.3. The number of carbonyl (C=O) groups excluding carboxylic acids is 1. The standard InChI is InChI=1S/C18H14ClN3O3S/c19-13-7-5-12(6-8-13)18-21-14(11-26-18)9-10-20-17(23)15-3-1-2-4-16(15)22(24)25/h1-8,11H,9-10H2,(H,20,23). The van der Waals surface area contributed by atoms with E-state index in [-0.39, 0.29) is 11.3 Å². The van der Waals surface area contributed by atoms with E-state index >= 15 is 0 Å². The minimum absolute atomic E-state index is 0.0534. The van der Waals surface area contributed by atoms with E-state index in [1.165, 1.54) is 29.5 Å². The van der Waals surface area contributed by atoms with Crippen molar-refractivity contribution in [1.29, 1.82) is 0 Å². The zero-order valence-corrected chi connectivity index (χ0v) is 15.1. The Morgan fingerprint density at radius 3 is 2.65 bits per heavy atom. The van der Waals surface area contributed by atoms with E-state index < -0.39 is 10.8 Å². The SMILES string of the molecule is O=C(NCCc1csc(-c2ccc(Cl)cc2)n1)c1ccccc1[N+](=O)[O-]. The predicted molar refractivity (Wildman–Crippen MR) is 102 cm³/mol. The molecule has 1 N–H and O–H groups in total. The van der Waals surface area contributed by atoms with Crippen LogP contribution in [0.4, 0.5) is 5.69 Å². The van der Waals surface area contributed by atoms with Gasteiger partial charge in [0.25, 0.3) is 11.6 Å². The first-order valence-corrected chi connectivity index (χ1v) is 9.02.